The molecule has 0 aromatic rings. The van der Waals surface area contributed by atoms with Gasteiger partial charge in [0.25, 0.3) is 0 Å². The fraction of sp³-hybridized carbons (Fsp3) is 0.600. The van der Waals surface area contributed by atoms with Crippen molar-refractivity contribution in [1.82, 2.24) is 9.80 Å². The number of hydrogen-bond donors (Lipinski definition) is 4. The Bertz CT molecular complexity index is 325. The molecule has 22 heavy (non-hydrogen) atoms. The third-order valence-corrected chi connectivity index (χ3v) is 2.17. The van der Waals surface area contributed by atoms with Crippen LogP contribution in [0, 0.1) is 0 Å². The van der Waals surface area contributed by atoms with E-state index in [4.69, 9.17) is 20.4 Å². The molecule has 0 rings (SSSR count). The zero-order chi connectivity index (χ0) is 15.7. The van der Waals surface area contributed by atoms with E-state index in [0.717, 1.165) is 9.80 Å². The molecule has 0 aliphatic carbocycles. The molecule has 0 bridgehead atoms. The van der Waals surface area contributed by atoms with Crippen LogP contribution in [0.5, 0.6) is 0 Å². The van der Waals surface area contributed by atoms with Gasteiger partial charge in [-0.15, -0.1) is 0 Å². The molecule has 10 nitrogen and oxygen atoms in total. The topological polar surface area (TPSA) is 156 Å². The average Bonchev–Trinajstić information content (AvgIpc) is 2.22. The van der Waals surface area contributed by atoms with Gasteiger partial charge in [0.15, 0.2) is 0 Å². The minimum Gasteiger partial charge on any atom is -0.480 e. The van der Waals surface area contributed by atoms with Crippen LogP contribution in [0.2, 0.25) is 0 Å². The standard InChI is InChI=1S/C10H16N2O8.2Li/c13-7(14)3-11(4-8(15)16)1-2-12(5-9(17)18)6-10(19)20;;/h1-6H2,(H,13,14)(H,15,16)(H,17,18)(H,19,20);;. The van der Waals surface area contributed by atoms with E-state index in [1.807, 2.05) is 0 Å². The minimum atomic E-state index is -1.23. The number of hydrogen-bond acceptors (Lipinski definition) is 6. The van der Waals surface area contributed by atoms with Crippen molar-refractivity contribution in [3.8, 4) is 0 Å². The summed E-state index contributed by atoms with van der Waals surface area (Å²) in [5, 5.41) is 34.5. The van der Waals surface area contributed by atoms with Crippen molar-refractivity contribution >= 4 is 61.6 Å². The van der Waals surface area contributed by atoms with E-state index in [1.165, 1.54) is 0 Å². The summed E-state index contributed by atoms with van der Waals surface area (Å²) in [6.07, 6.45) is 0. The Balaban J connectivity index is -0.00000180. The zero-order valence-electron chi connectivity index (χ0n) is 12.6. The SMILES string of the molecule is O=C(O)CN(CCN(CC(=O)O)CC(=O)O)CC(=O)O.[Li].[Li]. The van der Waals surface area contributed by atoms with Crippen molar-refractivity contribution in [2.75, 3.05) is 39.3 Å². The molecule has 0 saturated heterocycles. The summed E-state index contributed by atoms with van der Waals surface area (Å²) in [6.45, 7) is -2.25. The third-order valence-electron chi connectivity index (χ3n) is 2.17. The largest absolute Gasteiger partial charge is 0.480 e. The summed E-state index contributed by atoms with van der Waals surface area (Å²) in [7, 11) is 0. The Kier molecular flexibility index (Phi) is 16.1. The van der Waals surface area contributed by atoms with E-state index in [9.17, 15) is 19.2 Å². The van der Waals surface area contributed by atoms with Crippen LogP contribution >= 0.6 is 0 Å². The average molecular weight is 306 g/mol. The van der Waals surface area contributed by atoms with Crippen molar-refractivity contribution in [3.63, 3.8) is 0 Å². The van der Waals surface area contributed by atoms with Crippen LogP contribution in [0.3, 0.4) is 0 Å². The van der Waals surface area contributed by atoms with E-state index in [0.29, 0.717) is 0 Å². The van der Waals surface area contributed by atoms with Crippen LogP contribution < -0.4 is 0 Å². The fourth-order valence-electron chi connectivity index (χ4n) is 1.48. The van der Waals surface area contributed by atoms with E-state index in [1.54, 1.807) is 0 Å². The summed E-state index contributed by atoms with van der Waals surface area (Å²) in [6, 6.07) is 0. The number of carboxylic acids is 4. The van der Waals surface area contributed by atoms with Gasteiger partial charge in [-0.25, -0.2) is 0 Å². The maximum atomic E-state index is 10.6. The summed E-state index contributed by atoms with van der Waals surface area (Å²) >= 11 is 0. The van der Waals surface area contributed by atoms with Crippen molar-refractivity contribution in [2.24, 2.45) is 0 Å². The first-order chi connectivity index (χ1) is 9.20. The molecule has 0 spiro atoms. The van der Waals surface area contributed by atoms with Crippen LogP contribution in [-0.4, -0.2) is 131 Å². The molecule has 12 heteroatoms. The molecule has 2 radical (unpaired) electrons. The Hall–Kier alpha value is -1.01. The quantitative estimate of drug-likeness (QED) is 0.293. The molecule has 0 heterocycles. The summed E-state index contributed by atoms with van der Waals surface area (Å²) in [4.78, 5) is 44.4. The van der Waals surface area contributed by atoms with Crippen LogP contribution in [0.1, 0.15) is 0 Å². The second kappa shape index (κ2) is 13.6. The Morgan fingerprint density at radius 2 is 0.727 bits per heavy atom. The van der Waals surface area contributed by atoms with Gasteiger partial charge in [0, 0.05) is 50.8 Å². The second-order valence-electron chi connectivity index (χ2n) is 4.00. The first-order valence-corrected chi connectivity index (χ1v) is 5.52. The van der Waals surface area contributed by atoms with Crippen LogP contribution in [-0.2, 0) is 19.2 Å². The number of rotatable bonds is 11. The number of carboxylic acid groups (broad SMARTS) is 4. The molecule has 0 aliphatic rings. The van der Waals surface area contributed by atoms with Gasteiger partial charge >= 0.3 is 23.9 Å². The van der Waals surface area contributed by atoms with Gasteiger partial charge in [-0.2, -0.15) is 0 Å². The molecule has 4 N–H and O–H groups in total. The smallest absolute Gasteiger partial charge is 0.317 e. The van der Waals surface area contributed by atoms with Gasteiger partial charge < -0.3 is 20.4 Å². The van der Waals surface area contributed by atoms with Crippen molar-refractivity contribution in [3.05, 3.63) is 0 Å². The fourth-order valence-corrected chi connectivity index (χ4v) is 1.48. The Labute approximate surface area is 150 Å². The molecule has 0 fully saturated rings. The zero-order valence-corrected chi connectivity index (χ0v) is 12.6. The predicted octanol–water partition coefficient (Wildman–Crippen LogP) is -2.83. The molecule has 0 amide bonds. The maximum Gasteiger partial charge on any atom is 0.317 e. The summed E-state index contributed by atoms with van der Waals surface area (Å²) < 4.78 is 0. The van der Waals surface area contributed by atoms with E-state index in [-0.39, 0.29) is 50.8 Å². The van der Waals surface area contributed by atoms with Gasteiger partial charge in [-0.3, -0.25) is 29.0 Å². The van der Waals surface area contributed by atoms with Gasteiger partial charge in [0.2, 0.25) is 0 Å². The molecule has 0 aromatic heterocycles. The second-order valence-corrected chi connectivity index (χ2v) is 4.00. The van der Waals surface area contributed by atoms with Crippen LogP contribution in [0.4, 0.5) is 0 Å². The monoisotopic (exact) mass is 306 g/mol. The first-order valence-electron chi connectivity index (χ1n) is 5.52. The Morgan fingerprint density at radius 1 is 0.545 bits per heavy atom. The third kappa shape index (κ3) is 15.4. The van der Waals surface area contributed by atoms with Gasteiger partial charge in [0.1, 0.15) is 0 Å². The predicted molar refractivity (Wildman–Crippen MR) is 74.9 cm³/mol. The number of aliphatic carboxylic acids is 4. The van der Waals surface area contributed by atoms with Crippen molar-refractivity contribution in [2.45, 2.75) is 0 Å². The first kappa shape index (κ1) is 25.9. The molecular weight excluding hydrogens is 290 g/mol. The minimum absolute atomic E-state index is 0. The van der Waals surface area contributed by atoms with E-state index < -0.39 is 50.1 Å². The van der Waals surface area contributed by atoms with Crippen LogP contribution in [0.15, 0.2) is 0 Å². The van der Waals surface area contributed by atoms with Gasteiger partial charge in [0.05, 0.1) is 26.2 Å². The summed E-state index contributed by atoms with van der Waals surface area (Å²) in [5.74, 6) is -4.91. The number of nitrogens with zero attached hydrogens (tertiary/aromatic N) is 2. The van der Waals surface area contributed by atoms with Crippen molar-refractivity contribution in [1.29, 1.82) is 0 Å². The Morgan fingerprint density at radius 3 is 0.864 bits per heavy atom. The molecule has 0 aliphatic heterocycles. The van der Waals surface area contributed by atoms with E-state index >= 15 is 0 Å². The molecular formula is C10H16Li2N2O8. The molecule has 0 aromatic carbocycles. The van der Waals surface area contributed by atoms with Crippen molar-refractivity contribution < 1.29 is 39.6 Å². The van der Waals surface area contributed by atoms with Gasteiger partial charge in [-0.1, -0.05) is 0 Å². The number of carbonyl (C=O) groups is 4. The summed E-state index contributed by atoms with van der Waals surface area (Å²) in [5.41, 5.74) is 0. The van der Waals surface area contributed by atoms with E-state index in [2.05, 4.69) is 0 Å². The molecule has 0 unspecified atom stereocenters. The molecule has 0 saturated carbocycles. The molecule has 0 atom stereocenters. The molecule has 116 valence electrons. The van der Waals surface area contributed by atoms with Crippen LogP contribution in [0.25, 0.3) is 0 Å². The normalized spacial score (nSPS) is 9.73. The maximum absolute atomic E-state index is 10.6. The van der Waals surface area contributed by atoms with Gasteiger partial charge in [-0.05, 0) is 0 Å².